The molecule has 0 spiro atoms. The SMILES string of the molecule is CC/C=C\C/C=C\C/C=C\C/C=C\C/C=C\CCCCCCCCCC(=O)OC(/C=C\CCCCCCCCCCC)C(COP(=O)(O)OCC[N+](C)(C)C)NC(=O)CCCCCCCCCCCCC. The summed E-state index contributed by atoms with van der Waals surface area (Å²) in [5.41, 5.74) is 0. The van der Waals surface area contributed by atoms with Crippen molar-refractivity contribution in [3.63, 3.8) is 0 Å². The molecule has 10 heteroatoms. The van der Waals surface area contributed by atoms with E-state index in [4.69, 9.17) is 13.8 Å². The summed E-state index contributed by atoms with van der Waals surface area (Å²) < 4.78 is 30.6. The molecular formula is C61H112N2O7P+. The van der Waals surface area contributed by atoms with Gasteiger partial charge in [0.2, 0.25) is 5.91 Å². The Morgan fingerprint density at radius 3 is 1.35 bits per heavy atom. The summed E-state index contributed by atoms with van der Waals surface area (Å²) in [5, 5.41) is 3.04. The standard InChI is InChI=1S/C61H111N2O7P/c1-7-10-13-16-19-22-25-26-27-28-29-30-31-32-33-34-35-36-39-42-45-48-51-54-61(65)70-59(52-49-46-43-40-37-23-20-17-14-11-8-2)58(57-69-71(66,67)68-56-55-63(4,5)6)62-60(64)53-50-47-44-41-38-24-21-18-15-12-9-3/h10,13,19,22,26-27,29-30,32-33,49,52,58-59H,7-9,11-12,14-18,20-21,23-25,28,31,34-48,50-51,53-57H2,1-6H3,(H-,62,64,66,67)/p+1/b13-10-,22-19-,27-26-,30-29-,33-32-,52-49-. The summed E-state index contributed by atoms with van der Waals surface area (Å²) in [7, 11) is 1.49. The molecule has 0 heterocycles. The number of likely N-dealkylation sites (N-methyl/N-ethyl adjacent to an activating group) is 1. The first kappa shape index (κ1) is 68.5. The lowest BCUT2D eigenvalue weighted by Crippen LogP contribution is -2.47. The van der Waals surface area contributed by atoms with Crippen molar-refractivity contribution < 1.29 is 37.3 Å². The summed E-state index contributed by atoms with van der Waals surface area (Å²) in [6.45, 7) is 6.87. The van der Waals surface area contributed by atoms with Gasteiger partial charge in [0.25, 0.3) is 0 Å². The van der Waals surface area contributed by atoms with Crippen LogP contribution in [-0.4, -0.2) is 74.3 Å². The highest BCUT2D eigenvalue weighted by Gasteiger charge is 2.30. The van der Waals surface area contributed by atoms with Crippen LogP contribution in [0.1, 0.15) is 252 Å². The van der Waals surface area contributed by atoms with E-state index in [2.05, 4.69) is 86.8 Å². The number of hydrogen-bond donors (Lipinski definition) is 2. The number of quaternary nitrogens is 1. The predicted molar refractivity (Wildman–Crippen MR) is 305 cm³/mol. The van der Waals surface area contributed by atoms with Gasteiger partial charge in [-0.15, -0.1) is 0 Å². The number of unbranched alkanes of at least 4 members (excludes halogenated alkanes) is 26. The summed E-state index contributed by atoms with van der Waals surface area (Å²) in [5.74, 6) is -0.518. The summed E-state index contributed by atoms with van der Waals surface area (Å²) >= 11 is 0. The number of nitrogens with zero attached hydrogens (tertiary/aromatic N) is 1. The van der Waals surface area contributed by atoms with E-state index < -0.39 is 20.0 Å². The quantitative estimate of drug-likeness (QED) is 0.0205. The molecule has 2 N–H and O–H groups in total. The van der Waals surface area contributed by atoms with E-state index in [0.717, 1.165) is 103 Å². The smallest absolute Gasteiger partial charge is 0.456 e. The summed E-state index contributed by atoms with van der Waals surface area (Å²) in [6.07, 6.45) is 64.7. The second-order valence-electron chi connectivity index (χ2n) is 20.8. The van der Waals surface area contributed by atoms with E-state index in [1.165, 1.54) is 116 Å². The average molecular weight is 1020 g/mol. The van der Waals surface area contributed by atoms with Gasteiger partial charge in [-0.3, -0.25) is 18.6 Å². The normalized spacial score (nSPS) is 14.3. The van der Waals surface area contributed by atoms with Crippen molar-refractivity contribution in [3.05, 3.63) is 72.9 Å². The molecule has 0 aromatic carbocycles. The van der Waals surface area contributed by atoms with Gasteiger partial charge in [-0.2, -0.15) is 0 Å². The maximum Gasteiger partial charge on any atom is 0.472 e. The van der Waals surface area contributed by atoms with Crippen LogP contribution in [0.2, 0.25) is 0 Å². The van der Waals surface area contributed by atoms with Crippen molar-refractivity contribution in [1.29, 1.82) is 0 Å². The highest BCUT2D eigenvalue weighted by molar-refractivity contribution is 7.47. The molecule has 3 atom stereocenters. The third-order valence-electron chi connectivity index (χ3n) is 12.7. The number of rotatable bonds is 52. The van der Waals surface area contributed by atoms with Crippen molar-refractivity contribution in [1.82, 2.24) is 5.32 Å². The Morgan fingerprint density at radius 1 is 0.507 bits per heavy atom. The Morgan fingerprint density at radius 2 is 0.901 bits per heavy atom. The Kier molecular flexibility index (Phi) is 49.1. The molecule has 412 valence electrons. The number of carbonyl (C=O) groups excluding carboxylic acids is 2. The molecule has 0 aliphatic heterocycles. The molecule has 0 radical (unpaired) electrons. The first-order valence-electron chi connectivity index (χ1n) is 29.3. The minimum absolute atomic E-state index is 0.0370. The van der Waals surface area contributed by atoms with Gasteiger partial charge in [-0.05, 0) is 76.7 Å². The molecule has 0 saturated carbocycles. The van der Waals surface area contributed by atoms with Crippen LogP contribution in [0.4, 0.5) is 0 Å². The number of hydrogen-bond acceptors (Lipinski definition) is 6. The third-order valence-corrected chi connectivity index (χ3v) is 13.6. The maximum absolute atomic E-state index is 13.4. The molecule has 71 heavy (non-hydrogen) atoms. The Labute approximate surface area is 438 Å². The lowest BCUT2D eigenvalue weighted by molar-refractivity contribution is -0.870. The fraction of sp³-hybridized carbons (Fsp3) is 0.770. The number of carbonyl (C=O) groups is 2. The molecule has 3 unspecified atom stereocenters. The van der Waals surface area contributed by atoms with Crippen LogP contribution in [0.3, 0.4) is 0 Å². The molecule has 0 aromatic heterocycles. The van der Waals surface area contributed by atoms with Crippen LogP contribution < -0.4 is 5.32 Å². The van der Waals surface area contributed by atoms with Gasteiger partial charge in [0.15, 0.2) is 0 Å². The summed E-state index contributed by atoms with van der Waals surface area (Å²) in [6, 6.07) is -0.851. The predicted octanol–water partition coefficient (Wildman–Crippen LogP) is 17.7. The average Bonchev–Trinajstić information content (AvgIpc) is 3.33. The van der Waals surface area contributed by atoms with Gasteiger partial charge in [0.1, 0.15) is 19.3 Å². The molecule has 0 aliphatic rings. The van der Waals surface area contributed by atoms with Gasteiger partial charge >= 0.3 is 13.8 Å². The van der Waals surface area contributed by atoms with Gasteiger partial charge in [-0.25, -0.2) is 4.57 Å². The van der Waals surface area contributed by atoms with Crippen LogP contribution in [0.5, 0.6) is 0 Å². The highest BCUT2D eigenvalue weighted by atomic mass is 31.2. The zero-order valence-corrected chi connectivity index (χ0v) is 47.8. The fourth-order valence-electron chi connectivity index (χ4n) is 8.14. The lowest BCUT2D eigenvalue weighted by atomic mass is 10.0. The minimum Gasteiger partial charge on any atom is -0.456 e. The van der Waals surface area contributed by atoms with Crippen LogP contribution in [0.25, 0.3) is 0 Å². The summed E-state index contributed by atoms with van der Waals surface area (Å²) in [4.78, 5) is 37.5. The number of phosphoric acid groups is 1. The zero-order valence-electron chi connectivity index (χ0n) is 47.0. The first-order chi connectivity index (χ1) is 34.4. The molecule has 0 saturated heterocycles. The van der Waals surface area contributed by atoms with Crippen molar-refractivity contribution in [2.24, 2.45) is 0 Å². The van der Waals surface area contributed by atoms with E-state index in [1.54, 1.807) is 0 Å². The molecule has 1 amide bonds. The van der Waals surface area contributed by atoms with Crippen molar-refractivity contribution in [2.45, 2.75) is 264 Å². The van der Waals surface area contributed by atoms with E-state index in [0.29, 0.717) is 17.4 Å². The maximum atomic E-state index is 13.4. The number of nitrogens with one attached hydrogen (secondary N) is 1. The Hall–Kier alpha value is -2.55. The number of allylic oxidation sites excluding steroid dienone is 11. The topological polar surface area (TPSA) is 111 Å². The zero-order chi connectivity index (χ0) is 52.2. The molecule has 0 rings (SSSR count). The highest BCUT2D eigenvalue weighted by Crippen LogP contribution is 2.43. The molecule has 9 nitrogen and oxygen atoms in total. The van der Waals surface area contributed by atoms with Crippen LogP contribution >= 0.6 is 7.82 Å². The number of esters is 1. The molecular weight excluding hydrogens is 904 g/mol. The Balaban J connectivity index is 5.19. The van der Waals surface area contributed by atoms with Crippen LogP contribution in [0, 0.1) is 0 Å². The van der Waals surface area contributed by atoms with Crippen LogP contribution in [0.15, 0.2) is 72.9 Å². The van der Waals surface area contributed by atoms with Gasteiger partial charge < -0.3 is 19.4 Å². The van der Waals surface area contributed by atoms with Gasteiger partial charge in [0.05, 0.1) is 33.8 Å². The van der Waals surface area contributed by atoms with Gasteiger partial charge in [-0.1, -0.05) is 235 Å². The van der Waals surface area contributed by atoms with E-state index in [-0.39, 0.29) is 31.5 Å². The number of amides is 1. The number of phosphoric ester groups is 1. The second kappa shape index (κ2) is 51.0. The van der Waals surface area contributed by atoms with Crippen molar-refractivity contribution in [2.75, 3.05) is 40.9 Å². The van der Waals surface area contributed by atoms with Crippen molar-refractivity contribution >= 4 is 19.7 Å². The molecule has 0 bridgehead atoms. The minimum atomic E-state index is -4.44. The third kappa shape index (κ3) is 52.1. The number of ether oxygens (including phenoxy) is 1. The van der Waals surface area contributed by atoms with E-state index in [1.807, 2.05) is 33.3 Å². The fourth-order valence-corrected chi connectivity index (χ4v) is 8.88. The molecule has 0 fully saturated rings. The molecule has 0 aliphatic carbocycles. The van der Waals surface area contributed by atoms with E-state index in [9.17, 15) is 19.0 Å². The largest absolute Gasteiger partial charge is 0.472 e. The van der Waals surface area contributed by atoms with E-state index >= 15 is 0 Å². The van der Waals surface area contributed by atoms with Crippen molar-refractivity contribution in [3.8, 4) is 0 Å². The second-order valence-corrected chi connectivity index (χ2v) is 22.2. The Bertz CT molecular complexity index is 1450. The van der Waals surface area contributed by atoms with Crippen LogP contribution in [-0.2, 0) is 27.9 Å². The lowest BCUT2D eigenvalue weighted by Gasteiger charge is -2.27. The monoisotopic (exact) mass is 1020 g/mol. The molecule has 0 aromatic rings. The first-order valence-corrected chi connectivity index (χ1v) is 30.8. The van der Waals surface area contributed by atoms with Gasteiger partial charge in [0, 0.05) is 12.8 Å².